The van der Waals surface area contributed by atoms with E-state index >= 15 is 0 Å². The van der Waals surface area contributed by atoms with Gasteiger partial charge in [-0.1, -0.05) is 0 Å². The van der Waals surface area contributed by atoms with Crippen molar-refractivity contribution in [2.45, 2.75) is 39.7 Å². The van der Waals surface area contributed by atoms with Gasteiger partial charge in [-0.2, -0.15) is 5.10 Å². The van der Waals surface area contributed by atoms with E-state index in [2.05, 4.69) is 10.4 Å². The van der Waals surface area contributed by atoms with Gasteiger partial charge in [0.15, 0.2) is 0 Å². The predicted molar refractivity (Wildman–Crippen MR) is 93.0 cm³/mol. The number of aromatic nitrogens is 2. The molecule has 0 bridgehead atoms. The Labute approximate surface area is 141 Å². The van der Waals surface area contributed by atoms with E-state index in [1.165, 1.54) is 0 Å². The normalized spacial score (nSPS) is 14.2. The zero-order valence-electron chi connectivity index (χ0n) is 14.1. The van der Waals surface area contributed by atoms with Gasteiger partial charge in [0.25, 0.3) is 0 Å². The second-order valence-corrected chi connectivity index (χ2v) is 6.14. The van der Waals surface area contributed by atoms with Crippen LogP contribution in [0.25, 0.3) is 0 Å². The van der Waals surface area contributed by atoms with Crippen LogP contribution in [0.15, 0.2) is 30.5 Å². The minimum Gasteiger partial charge on any atom is -0.326 e. The van der Waals surface area contributed by atoms with Gasteiger partial charge in [-0.25, -0.2) is 0 Å². The number of nitrogens with zero attached hydrogens (tertiary/aromatic N) is 3. The maximum absolute atomic E-state index is 12.1. The molecule has 0 atom stereocenters. The Balaban J connectivity index is 1.61. The van der Waals surface area contributed by atoms with Crippen LogP contribution < -0.4 is 10.2 Å². The van der Waals surface area contributed by atoms with Crippen molar-refractivity contribution in [1.82, 2.24) is 9.78 Å². The average molecular weight is 326 g/mol. The molecule has 1 aliphatic rings. The summed E-state index contributed by atoms with van der Waals surface area (Å²) in [4.78, 5) is 25.8. The second-order valence-electron chi connectivity index (χ2n) is 6.14. The van der Waals surface area contributed by atoms with Gasteiger partial charge in [0, 0.05) is 49.2 Å². The molecule has 0 radical (unpaired) electrons. The van der Waals surface area contributed by atoms with Crippen molar-refractivity contribution in [3.8, 4) is 0 Å². The average Bonchev–Trinajstić information content (AvgIpc) is 3.14. The van der Waals surface area contributed by atoms with Gasteiger partial charge in [0.05, 0.1) is 0 Å². The molecule has 2 amide bonds. The number of amides is 2. The molecular formula is C18H22N4O2. The Hall–Kier alpha value is -2.63. The Morgan fingerprint density at radius 1 is 1.29 bits per heavy atom. The van der Waals surface area contributed by atoms with E-state index in [1.54, 1.807) is 6.20 Å². The van der Waals surface area contributed by atoms with Crippen LogP contribution in [0.2, 0.25) is 0 Å². The van der Waals surface area contributed by atoms with Gasteiger partial charge in [-0.3, -0.25) is 14.3 Å². The van der Waals surface area contributed by atoms with Crippen LogP contribution in [0.5, 0.6) is 0 Å². The highest BCUT2D eigenvalue weighted by Gasteiger charge is 2.22. The van der Waals surface area contributed by atoms with Crippen LogP contribution in [0, 0.1) is 13.8 Å². The number of benzene rings is 1. The largest absolute Gasteiger partial charge is 0.326 e. The summed E-state index contributed by atoms with van der Waals surface area (Å²) in [5.74, 6) is 0.124. The summed E-state index contributed by atoms with van der Waals surface area (Å²) in [5, 5.41) is 7.08. The minimum absolute atomic E-state index is 0.0469. The third kappa shape index (κ3) is 3.48. The molecule has 1 saturated heterocycles. The molecule has 1 N–H and O–H groups in total. The second kappa shape index (κ2) is 6.86. The fraction of sp³-hybridized carbons (Fsp3) is 0.389. The standard InChI is InChI=1S/C18H22N4O2/c1-13-12-15(5-6-16(13)21-10-3-4-18(21)24)20-17(23)8-11-22-14(2)7-9-19-22/h5-7,9,12H,3-4,8,10-11H2,1-2H3,(H,20,23). The number of aryl methyl sites for hydroxylation is 3. The summed E-state index contributed by atoms with van der Waals surface area (Å²) in [6.07, 6.45) is 3.62. The van der Waals surface area contributed by atoms with Crippen LogP contribution in [0.3, 0.4) is 0 Å². The summed E-state index contributed by atoms with van der Waals surface area (Å²) in [6.45, 7) is 5.26. The number of carbonyl (C=O) groups excluding carboxylic acids is 2. The summed E-state index contributed by atoms with van der Waals surface area (Å²) in [5.41, 5.74) is 3.72. The van der Waals surface area contributed by atoms with E-state index in [-0.39, 0.29) is 11.8 Å². The quantitative estimate of drug-likeness (QED) is 0.918. The number of anilines is 2. The van der Waals surface area contributed by atoms with E-state index in [1.807, 2.05) is 47.7 Å². The molecule has 0 saturated carbocycles. The van der Waals surface area contributed by atoms with Crippen molar-refractivity contribution < 1.29 is 9.59 Å². The zero-order chi connectivity index (χ0) is 17.1. The number of hydrogen-bond acceptors (Lipinski definition) is 3. The molecule has 0 unspecified atom stereocenters. The Morgan fingerprint density at radius 2 is 2.12 bits per heavy atom. The van der Waals surface area contributed by atoms with E-state index < -0.39 is 0 Å². The highest BCUT2D eigenvalue weighted by atomic mass is 16.2. The maximum atomic E-state index is 12.1. The molecule has 1 aromatic heterocycles. The van der Waals surface area contributed by atoms with Gasteiger partial charge in [-0.05, 0) is 50.1 Å². The molecule has 3 rings (SSSR count). The van der Waals surface area contributed by atoms with Crippen molar-refractivity contribution in [2.75, 3.05) is 16.8 Å². The molecule has 126 valence electrons. The SMILES string of the molecule is Cc1cc(NC(=O)CCn2nccc2C)ccc1N1CCCC1=O. The highest BCUT2D eigenvalue weighted by molar-refractivity contribution is 5.97. The van der Waals surface area contributed by atoms with Crippen LogP contribution >= 0.6 is 0 Å². The van der Waals surface area contributed by atoms with E-state index in [4.69, 9.17) is 0 Å². The molecule has 2 heterocycles. The monoisotopic (exact) mass is 326 g/mol. The lowest BCUT2D eigenvalue weighted by Gasteiger charge is -2.19. The first-order valence-corrected chi connectivity index (χ1v) is 8.24. The maximum Gasteiger partial charge on any atom is 0.227 e. The number of rotatable bonds is 5. The van der Waals surface area contributed by atoms with Crippen molar-refractivity contribution in [3.63, 3.8) is 0 Å². The van der Waals surface area contributed by atoms with E-state index in [0.717, 1.165) is 35.6 Å². The lowest BCUT2D eigenvalue weighted by molar-refractivity contribution is -0.117. The molecule has 6 nitrogen and oxygen atoms in total. The first-order chi connectivity index (χ1) is 11.5. The molecule has 1 fully saturated rings. The van der Waals surface area contributed by atoms with Gasteiger partial charge in [-0.15, -0.1) is 0 Å². The smallest absolute Gasteiger partial charge is 0.227 e. The Bertz CT molecular complexity index is 766. The lowest BCUT2D eigenvalue weighted by Crippen LogP contribution is -2.24. The topological polar surface area (TPSA) is 67.2 Å². The van der Waals surface area contributed by atoms with Crippen molar-refractivity contribution in [3.05, 3.63) is 41.7 Å². The summed E-state index contributed by atoms with van der Waals surface area (Å²) < 4.78 is 1.81. The Kier molecular flexibility index (Phi) is 4.64. The van der Waals surface area contributed by atoms with Gasteiger partial charge in [0.2, 0.25) is 11.8 Å². The molecule has 1 aliphatic heterocycles. The number of hydrogen-bond donors (Lipinski definition) is 1. The van der Waals surface area contributed by atoms with Crippen molar-refractivity contribution in [2.24, 2.45) is 0 Å². The van der Waals surface area contributed by atoms with Crippen LogP contribution in [-0.2, 0) is 16.1 Å². The molecule has 6 heteroatoms. The molecule has 0 aliphatic carbocycles. The Morgan fingerprint density at radius 3 is 2.75 bits per heavy atom. The van der Waals surface area contributed by atoms with Crippen molar-refractivity contribution >= 4 is 23.2 Å². The summed E-state index contributed by atoms with van der Waals surface area (Å²) >= 11 is 0. The third-order valence-electron chi connectivity index (χ3n) is 4.32. The van der Waals surface area contributed by atoms with Gasteiger partial charge >= 0.3 is 0 Å². The van der Waals surface area contributed by atoms with Crippen LogP contribution in [0.1, 0.15) is 30.5 Å². The molecular weight excluding hydrogens is 304 g/mol. The number of nitrogens with one attached hydrogen (secondary N) is 1. The van der Waals surface area contributed by atoms with E-state index in [9.17, 15) is 9.59 Å². The van der Waals surface area contributed by atoms with E-state index in [0.29, 0.717) is 19.4 Å². The summed E-state index contributed by atoms with van der Waals surface area (Å²) in [7, 11) is 0. The molecule has 2 aromatic rings. The van der Waals surface area contributed by atoms with Crippen molar-refractivity contribution in [1.29, 1.82) is 0 Å². The lowest BCUT2D eigenvalue weighted by atomic mass is 10.1. The van der Waals surface area contributed by atoms with Crippen LogP contribution in [0.4, 0.5) is 11.4 Å². The molecule has 0 spiro atoms. The predicted octanol–water partition coefficient (Wildman–Crippen LogP) is 2.66. The summed E-state index contributed by atoms with van der Waals surface area (Å²) in [6, 6.07) is 7.59. The minimum atomic E-state index is -0.0469. The number of carbonyl (C=O) groups is 2. The first kappa shape index (κ1) is 16.2. The first-order valence-electron chi connectivity index (χ1n) is 8.24. The molecule has 24 heavy (non-hydrogen) atoms. The zero-order valence-corrected chi connectivity index (χ0v) is 14.1. The fourth-order valence-corrected chi connectivity index (χ4v) is 3.00. The van der Waals surface area contributed by atoms with Gasteiger partial charge < -0.3 is 10.2 Å². The third-order valence-corrected chi connectivity index (χ3v) is 4.32. The highest BCUT2D eigenvalue weighted by Crippen LogP contribution is 2.27. The fourth-order valence-electron chi connectivity index (χ4n) is 3.00. The van der Waals surface area contributed by atoms with Gasteiger partial charge in [0.1, 0.15) is 0 Å². The van der Waals surface area contributed by atoms with Crippen LogP contribution in [-0.4, -0.2) is 28.1 Å². The molecule has 1 aromatic carbocycles.